The minimum atomic E-state index is -1.38. The normalized spacial score (nSPS) is 14.1. The standard InChI is InChI=1S/C10H9NO3/c1-3-10(2,12)8-4-6-9(7-5-8)11(13)14/h1,4-7,12H,2H3/t10-/m1/s1. The third-order valence-electron chi connectivity index (χ3n) is 1.92. The molecule has 14 heavy (non-hydrogen) atoms. The van der Waals surface area contributed by atoms with E-state index in [0.717, 1.165) is 0 Å². The molecule has 0 bridgehead atoms. The number of nitro benzene ring substituents is 1. The summed E-state index contributed by atoms with van der Waals surface area (Å²) in [6.45, 7) is 1.45. The molecular weight excluding hydrogens is 182 g/mol. The number of hydrogen-bond donors (Lipinski definition) is 1. The molecule has 0 amide bonds. The van der Waals surface area contributed by atoms with Crippen LogP contribution < -0.4 is 0 Å². The number of hydrogen-bond acceptors (Lipinski definition) is 3. The van der Waals surface area contributed by atoms with E-state index in [4.69, 9.17) is 6.42 Å². The summed E-state index contributed by atoms with van der Waals surface area (Å²) in [5.41, 5.74) is -0.943. The maximum atomic E-state index is 10.3. The number of rotatable bonds is 2. The minimum Gasteiger partial charge on any atom is -0.374 e. The lowest BCUT2D eigenvalue weighted by Crippen LogP contribution is -2.17. The third-order valence-corrected chi connectivity index (χ3v) is 1.92. The SMILES string of the molecule is C#C[C@@](C)(O)c1ccc([N+](=O)[O-])cc1. The second-order valence-corrected chi connectivity index (χ2v) is 3.02. The van der Waals surface area contributed by atoms with Crippen LogP contribution in [0.4, 0.5) is 5.69 Å². The molecular formula is C10H9NO3. The van der Waals surface area contributed by atoms with E-state index in [1.165, 1.54) is 31.2 Å². The van der Waals surface area contributed by atoms with Gasteiger partial charge < -0.3 is 5.11 Å². The largest absolute Gasteiger partial charge is 0.374 e. The number of non-ortho nitro benzene ring substituents is 1. The van der Waals surface area contributed by atoms with Gasteiger partial charge in [0, 0.05) is 12.1 Å². The fraction of sp³-hybridized carbons (Fsp3) is 0.200. The lowest BCUT2D eigenvalue weighted by atomic mass is 9.97. The van der Waals surface area contributed by atoms with Gasteiger partial charge in [-0.15, -0.1) is 6.42 Å². The molecule has 1 aromatic rings. The molecule has 0 aliphatic rings. The van der Waals surface area contributed by atoms with Crippen LogP contribution in [0.2, 0.25) is 0 Å². The van der Waals surface area contributed by atoms with E-state index in [-0.39, 0.29) is 5.69 Å². The molecule has 1 atom stereocenters. The predicted octanol–water partition coefficient (Wildman–Crippen LogP) is 1.44. The lowest BCUT2D eigenvalue weighted by molar-refractivity contribution is -0.384. The fourth-order valence-electron chi connectivity index (χ4n) is 0.991. The van der Waals surface area contributed by atoms with Crippen LogP contribution >= 0.6 is 0 Å². The van der Waals surface area contributed by atoms with Crippen LogP contribution in [0.3, 0.4) is 0 Å². The van der Waals surface area contributed by atoms with Gasteiger partial charge in [0.1, 0.15) is 5.60 Å². The Morgan fingerprint density at radius 1 is 1.50 bits per heavy atom. The first kappa shape index (κ1) is 10.2. The van der Waals surface area contributed by atoms with Crippen molar-refractivity contribution >= 4 is 5.69 Å². The summed E-state index contributed by atoms with van der Waals surface area (Å²) in [7, 11) is 0. The second-order valence-electron chi connectivity index (χ2n) is 3.02. The van der Waals surface area contributed by atoms with Crippen molar-refractivity contribution < 1.29 is 10.0 Å². The van der Waals surface area contributed by atoms with Gasteiger partial charge >= 0.3 is 0 Å². The van der Waals surface area contributed by atoms with Gasteiger partial charge in [0.2, 0.25) is 0 Å². The molecule has 72 valence electrons. The van der Waals surface area contributed by atoms with Crippen LogP contribution in [-0.2, 0) is 5.60 Å². The van der Waals surface area contributed by atoms with E-state index in [2.05, 4.69) is 5.92 Å². The summed E-state index contributed by atoms with van der Waals surface area (Å²) in [6.07, 6.45) is 5.10. The number of nitro groups is 1. The highest BCUT2D eigenvalue weighted by Crippen LogP contribution is 2.21. The van der Waals surface area contributed by atoms with Crippen LogP contribution in [0.5, 0.6) is 0 Å². The topological polar surface area (TPSA) is 63.4 Å². The highest BCUT2D eigenvalue weighted by molar-refractivity contribution is 5.37. The van der Waals surface area contributed by atoms with Gasteiger partial charge in [-0.3, -0.25) is 10.1 Å². The van der Waals surface area contributed by atoms with E-state index < -0.39 is 10.5 Å². The Labute approximate surface area is 81.3 Å². The smallest absolute Gasteiger partial charge is 0.269 e. The fourth-order valence-corrected chi connectivity index (χ4v) is 0.991. The molecule has 0 spiro atoms. The molecule has 0 aliphatic heterocycles. The van der Waals surface area contributed by atoms with E-state index in [1.807, 2.05) is 0 Å². The molecule has 1 aromatic carbocycles. The van der Waals surface area contributed by atoms with E-state index in [0.29, 0.717) is 5.56 Å². The number of benzene rings is 1. The Balaban J connectivity index is 3.07. The summed E-state index contributed by atoms with van der Waals surface area (Å²) in [4.78, 5) is 9.83. The zero-order valence-electron chi connectivity index (χ0n) is 7.60. The number of terminal acetylenes is 1. The summed E-state index contributed by atoms with van der Waals surface area (Å²) < 4.78 is 0. The average molecular weight is 191 g/mol. The van der Waals surface area contributed by atoms with Gasteiger partial charge in [-0.25, -0.2) is 0 Å². The van der Waals surface area contributed by atoms with Crippen molar-refractivity contribution in [2.75, 3.05) is 0 Å². The summed E-state index contributed by atoms with van der Waals surface area (Å²) in [5.74, 6) is 2.19. The third kappa shape index (κ3) is 1.90. The highest BCUT2D eigenvalue weighted by Gasteiger charge is 2.20. The Hall–Kier alpha value is -1.86. The van der Waals surface area contributed by atoms with E-state index in [1.54, 1.807) is 0 Å². The van der Waals surface area contributed by atoms with Gasteiger partial charge in [-0.1, -0.05) is 5.92 Å². The maximum absolute atomic E-state index is 10.3. The van der Waals surface area contributed by atoms with Gasteiger partial charge in [-0.2, -0.15) is 0 Å². The minimum absolute atomic E-state index is 0.0263. The van der Waals surface area contributed by atoms with Crippen molar-refractivity contribution in [3.05, 3.63) is 39.9 Å². The zero-order valence-corrected chi connectivity index (χ0v) is 7.60. The molecule has 0 saturated heterocycles. The maximum Gasteiger partial charge on any atom is 0.269 e. The predicted molar refractivity (Wildman–Crippen MR) is 51.5 cm³/mol. The highest BCUT2D eigenvalue weighted by atomic mass is 16.6. The van der Waals surface area contributed by atoms with Crippen LogP contribution in [0, 0.1) is 22.5 Å². The van der Waals surface area contributed by atoms with E-state index in [9.17, 15) is 15.2 Å². The summed E-state index contributed by atoms with van der Waals surface area (Å²) >= 11 is 0. The number of aliphatic hydroxyl groups is 1. The summed E-state index contributed by atoms with van der Waals surface area (Å²) in [6, 6.07) is 5.50. The molecule has 0 aliphatic carbocycles. The average Bonchev–Trinajstić information content (AvgIpc) is 2.18. The Bertz CT molecular complexity index is 387. The van der Waals surface area contributed by atoms with E-state index >= 15 is 0 Å². The summed E-state index contributed by atoms with van der Waals surface area (Å²) in [5, 5.41) is 20.0. The van der Waals surface area contributed by atoms with Crippen molar-refractivity contribution in [1.82, 2.24) is 0 Å². The van der Waals surface area contributed by atoms with Crippen molar-refractivity contribution in [1.29, 1.82) is 0 Å². The Morgan fingerprint density at radius 3 is 2.36 bits per heavy atom. The zero-order chi connectivity index (χ0) is 10.8. The van der Waals surface area contributed by atoms with Crippen LogP contribution in [0.15, 0.2) is 24.3 Å². The van der Waals surface area contributed by atoms with Crippen molar-refractivity contribution in [2.45, 2.75) is 12.5 Å². The van der Waals surface area contributed by atoms with Crippen LogP contribution in [0.25, 0.3) is 0 Å². The molecule has 0 aromatic heterocycles. The first-order valence-corrected chi connectivity index (χ1v) is 3.92. The molecule has 1 N–H and O–H groups in total. The molecule has 4 nitrogen and oxygen atoms in total. The monoisotopic (exact) mass is 191 g/mol. The molecule has 0 heterocycles. The Kier molecular flexibility index (Phi) is 2.54. The Morgan fingerprint density at radius 2 is 2.00 bits per heavy atom. The van der Waals surface area contributed by atoms with Gasteiger partial charge in [0.25, 0.3) is 5.69 Å². The molecule has 1 rings (SSSR count). The first-order chi connectivity index (χ1) is 6.47. The molecule has 0 unspecified atom stereocenters. The molecule has 0 saturated carbocycles. The van der Waals surface area contributed by atoms with Crippen LogP contribution in [-0.4, -0.2) is 10.0 Å². The first-order valence-electron chi connectivity index (χ1n) is 3.92. The van der Waals surface area contributed by atoms with Gasteiger partial charge in [0.05, 0.1) is 4.92 Å². The second kappa shape index (κ2) is 3.48. The van der Waals surface area contributed by atoms with Crippen molar-refractivity contribution in [3.8, 4) is 12.3 Å². The lowest BCUT2D eigenvalue weighted by Gasteiger charge is -2.15. The van der Waals surface area contributed by atoms with Gasteiger partial charge in [-0.05, 0) is 24.6 Å². The van der Waals surface area contributed by atoms with Crippen LogP contribution in [0.1, 0.15) is 12.5 Å². The molecule has 0 fully saturated rings. The number of nitrogens with zero attached hydrogens (tertiary/aromatic N) is 1. The van der Waals surface area contributed by atoms with Gasteiger partial charge in [0.15, 0.2) is 0 Å². The molecule has 0 radical (unpaired) electrons. The quantitative estimate of drug-likeness (QED) is 0.437. The van der Waals surface area contributed by atoms with Crippen molar-refractivity contribution in [2.24, 2.45) is 0 Å². The molecule has 4 heteroatoms. The van der Waals surface area contributed by atoms with Crippen molar-refractivity contribution in [3.63, 3.8) is 0 Å².